The largest absolute Gasteiger partial charge is 0.452 e. The van der Waals surface area contributed by atoms with Gasteiger partial charge in [0, 0.05) is 10.2 Å². The first-order valence-corrected chi connectivity index (χ1v) is 9.09. The summed E-state index contributed by atoms with van der Waals surface area (Å²) in [6.45, 7) is -2.32. The molecular weight excluding hydrogens is 454 g/mol. The highest BCUT2D eigenvalue weighted by atomic mass is 79.9. The monoisotopic (exact) mass is 470 g/mol. The van der Waals surface area contributed by atoms with Crippen molar-refractivity contribution in [2.24, 2.45) is 0 Å². The molecule has 0 saturated heterocycles. The topological polar surface area (TPSA) is 93.7 Å². The van der Waals surface area contributed by atoms with Crippen molar-refractivity contribution in [3.8, 4) is 5.75 Å². The normalized spacial score (nSPS) is 10.4. The van der Waals surface area contributed by atoms with E-state index in [1.807, 2.05) is 13.0 Å². The Morgan fingerprint density at radius 2 is 1.83 bits per heavy atom. The molecule has 0 saturated carbocycles. The van der Waals surface area contributed by atoms with E-state index < -0.39 is 31.0 Å². The highest BCUT2D eigenvalue weighted by Crippen LogP contribution is 2.21. The van der Waals surface area contributed by atoms with Crippen LogP contribution in [0.1, 0.15) is 15.9 Å². The predicted octanol–water partition coefficient (Wildman–Crippen LogP) is 3.27. The summed E-state index contributed by atoms with van der Waals surface area (Å²) in [5.74, 6) is -2.57. The third kappa shape index (κ3) is 7.15. The smallest absolute Gasteiger partial charge is 0.387 e. The van der Waals surface area contributed by atoms with Crippen LogP contribution >= 0.6 is 15.9 Å². The Morgan fingerprint density at radius 1 is 1.10 bits per heavy atom. The number of esters is 1. The number of halogens is 3. The average molecular weight is 471 g/mol. The van der Waals surface area contributed by atoms with Crippen molar-refractivity contribution in [2.75, 3.05) is 18.5 Å². The zero-order chi connectivity index (χ0) is 21.4. The fraction of sp³-hybridized carbons (Fsp3) is 0.211. The van der Waals surface area contributed by atoms with Gasteiger partial charge in [0.15, 0.2) is 6.61 Å². The Morgan fingerprint density at radius 3 is 2.52 bits per heavy atom. The Kier molecular flexibility index (Phi) is 8.08. The highest BCUT2D eigenvalue weighted by Gasteiger charge is 2.18. The number of hydrogen-bond donors (Lipinski definition) is 2. The lowest BCUT2D eigenvalue weighted by molar-refractivity contribution is -0.126. The average Bonchev–Trinajstić information content (AvgIpc) is 2.66. The molecule has 0 aromatic heterocycles. The van der Waals surface area contributed by atoms with Crippen LogP contribution in [0.25, 0.3) is 0 Å². The molecule has 29 heavy (non-hydrogen) atoms. The van der Waals surface area contributed by atoms with E-state index in [0.29, 0.717) is 5.69 Å². The van der Waals surface area contributed by atoms with Crippen LogP contribution in [0.3, 0.4) is 0 Å². The molecule has 0 atom stereocenters. The maximum Gasteiger partial charge on any atom is 0.387 e. The van der Waals surface area contributed by atoms with Gasteiger partial charge in [0.05, 0.1) is 6.54 Å². The van der Waals surface area contributed by atoms with Gasteiger partial charge in [-0.1, -0.05) is 28.1 Å². The van der Waals surface area contributed by atoms with E-state index in [1.165, 1.54) is 24.3 Å². The second-order valence-electron chi connectivity index (χ2n) is 5.73. The molecule has 0 aliphatic heterocycles. The molecule has 2 aromatic rings. The van der Waals surface area contributed by atoms with Gasteiger partial charge in [-0.25, -0.2) is 4.79 Å². The Bertz CT molecular complexity index is 908. The number of anilines is 1. The van der Waals surface area contributed by atoms with Gasteiger partial charge in [0.2, 0.25) is 5.91 Å². The molecule has 0 unspecified atom stereocenters. The van der Waals surface area contributed by atoms with Crippen LogP contribution in [-0.2, 0) is 14.3 Å². The number of para-hydroxylation sites is 1. The van der Waals surface area contributed by atoms with Crippen LogP contribution in [0.4, 0.5) is 14.5 Å². The molecule has 0 bridgehead atoms. The van der Waals surface area contributed by atoms with Gasteiger partial charge in [0.1, 0.15) is 11.3 Å². The molecule has 2 aromatic carbocycles. The van der Waals surface area contributed by atoms with Crippen molar-refractivity contribution < 1.29 is 32.6 Å². The first-order valence-electron chi connectivity index (χ1n) is 8.30. The maximum atomic E-state index is 12.4. The number of nitrogens with one attached hydrogen (secondary N) is 2. The molecule has 154 valence electrons. The molecule has 7 nitrogen and oxygen atoms in total. The van der Waals surface area contributed by atoms with Crippen molar-refractivity contribution in [1.29, 1.82) is 0 Å². The molecule has 2 rings (SSSR count). The first kappa shape index (κ1) is 22.3. The maximum absolute atomic E-state index is 12.4. The summed E-state index contributed by atoms with van der Waals surface area (Å²) in [5, 5.41) is 4.94. The summed E-state index contributed by atoms with van der Waals surface area (Å²) >= 11 is 3.32. The van der Waals surface area contributed by atoms with Crippen LogP contribution < -0.4 is 15.4 Å². The van der Waals surface area contributed by atoms with Crippen molar-refractivity contribution in [2.45, 2.75) is 13.5 Å². The van der Waals surface area contributed by atoms with Gasteiger partial charge in [-0.2, -0.15) is 8.78 Å². The summed E-state index contributed by atoms with van der Waals surface area (Å²) in [6.07, 6.45) is 0. The number of ether oxygens (including phenoxy) is 2. The molecule has 0 aliphatic rings. The van der Waals surface area contributed by atoms with E-state index in [4.69, 9.17) is 4.74 Å². The lowest BCUT2D eigenvalue weighted by atomic mass is 10.2. The third-order valence-electron chi connectivity index (χ3n) is 3.57. The minimum atomic E-state index is -3.11. The number of carbonyl (C=O) groups excluding carboxylic acids is 3. The lowest BCUT2D eigenvalue weighted by Gasteiger charge is -2.11. The number of rotatable bonds is 8. The number of amides is 2. The molecule has 0 fully saturated rings. The number of aryl methyl sites for hydroxylation is 1. The molecular formula is C19H17BrF2N2O5. The quantitative estimate of drug-likeness (QED) is 0.577. The highest BCUT2D eigenvalue weighted by molar-refractivity contribution is 9.10. The lowest BCUT2D eigenvalue weighted by Crippen LogP contribution is -2.35. The molecule has 0 radical (unpaired) electrons. The van der Waals surface area contributed by atoms with Crippen molar-refractivity contribution in [3.05, 3.63) is 58.1 Å². The predicted molar refractivity (Wildman–Crippen MR) is 104 cm³/mol. The van der Waals surface area contributed by atoms with Gasteiger partial charge < -0.3 is 20.1 Å². The van der Waals surface area contributed by atoms with Gasteiger partial charge in [-0.05, 0) is 42.8 Å². The standard InChI is InChI=1S/C19H17BrF2N2O5/c1-11-8-12(20)6-7-14(11)24-16(25)9-23-17(26)10-28-18(27)13-4-2-3-5-15(13)29-19(21)22/h2-8,19H,9-10H2,1H3,(H,23,26)(H,24,25). The summed E-state index contributed by atoms with van der Waals surface area (Å²) in [7, 11) is 0. The fourth-order valence-corrected chi connectivity index (χ4v) is 2.71. The second kappa shape index (κ2) is 10.5. The first-order chi connectivity index (χ1) is 13.8. The minimum Gasteiger partial charge on any atom is -0.452 e. The van der Waals surface area contributed by atoms with Gasteiger partial charge in [-0.3, -0.25) is 9.59 Å². The molecule has 0 spiro atoms. The molecule has 2 amide bonds. The van der Waals surface area contributed by atoms with Gasteiger partial charge in [0.25, 0.3) is 5.91 Å². The van der Waals surface area contributed by atoms with Crippen LogP contribution in [-0.4, -0.2) is 37.5 Å². The SMILES string of the molecule is Cc1cc(Br)ccc1NC(=O)CNC(=O)COC(=O)c1ccccc1OC(F)F. The number of carbonyl (C=O) groups is 3. The van der Waals surface area contributed by atoms with Crippen LogP contribution in [0.2, 0.25) is 0 Å². The van der Waals surface area contributed by atoms with Gasteiger partial charge in [-0.15, -0.1) is 0 Å². The molecule has 0 heterocycles. The number of benzene rings is 2. The van der Waals surface area contributed by atoms with E-state index in [2.05, 4.69) is 31.3 Å². The number of alkyl halides is 2. The van der Waals surface area contributed by atoms with Crippen LogP contribution in [0.15, 0.2) is 46.9 Å². The van der Waals surface area contributed by atoms with Crippen LogP contribution in [0.5, 0.6) is 5.75 Å². The molecule has 10 heteroatoms. The van der Waals surface area contributed by atoms with E-state index in [-0.39, 0.29) is 17.9 Å². The van der Waals surface area contributed by atoms with Crippen molar-refractivity contribution >= 4 is 39.4 Å². The Balaban J connectivity index is 1.81. The summed E-state index contributed by atoms with van der Waals surface area (Å²) < 4.78 is 34.6. The van der Waals surface area contributed by atoms with E-state index in [0.717, 1.165) is 10.0 Å². The zero-order valence-corrected chi connectivity index (χ0v) is 16.8. The zero-order valence-electron chi connectivity index (χ0n) is 15.2. The molecule has 2 N–H and O–H groups in total. The Labute approximate surface area is 173 Å². The van der Waals surface area contributed by atoms with E-state index in [1.54, 1.807) is 12.1 Å². The Hall–Kier alpha value is -3.01. The van der Waals surface area contributed by atoms with Crippen LogP contribution in [0, 0.1) is 6.92 Å². The van der Waals surface area contributed by atoms with Crippen molar-refractivity contribution in [1.82, 2.24) is 5.32 Å². The number of hydrogen-bond acceptors (Lipinski definition) is 5. The molecule has 0 aliphatic carbocycles. The van der Waals surface area contributed by atoms with E-state index in [9.17, 15) is 23.2 Å². The summed E-state index contributed by atoms with van der Waals surface area (Å²) in [5.41, 5.74) is 1.18. The van der Waals surface area contributed by atoms with Crippen molar-refractivity contribution in [3.63, 3.8) is 0 Å². The summed E-state index contributed by atoms with van der Waals surface area (Å²) in [6, 6.07) is 10.5. The minimum absolute atomic E-state index is 0.246. The summed E-state index contributed by atoms with van der Waals surface area (Å²) in [4.78, 5) is 35.7. The fourth-order valence-electron chi connectivity index (χ4n) is 2.23. The second-order valence-corrected chi connectivity index (χ2v) is 6.65. The van der Waals surface area contributed by atoms with E-state index >= 15 is 0 Å². The third-order valence-corrected chi connectivity index (χ3v) is 4.06. The van der Waals surface area contributed by atoms with Gasteiger partial charge >= 0.3 is 12.6 Å².